The fraction of sp³-hybridized carbons (Fsp3) is 0.667. The summed E-state index contributed by atoms with van der Waals surface area (Å²) in [5, 5.41) is 0. The van der Waals surface area contributed by atoms with Gasteiger partial charge in [0.25, 0.3) is 6.43 Å². The maximum atomic E-state index is 11.1. The summed E-state index contributed by atoms with van der Waals surface area (Å²) in [6, 6.07) is 0. The molecule has 0 fully saturated rings. The van der Waals surface area contributed by atoms with Gasteiger partial charge >= 0.3 is 0 Å². The Morgan fingerprint density at radius 2 is 2.29 bits per heavy atom. The van der Waals surface area contributed by atoms with Gasteiger partial charge in [0.15, 0.2) is 0 Å². The standard InChI is InChI=1S/C3H6F2N2/c4-3(5)1-7-2-6/h2-3H,1H2,(H2,6,7). The molecule has 0 aromatic carbocycles. The molecule has 0 aliphatic heterocycles. The van der Waals surface area contributed by atoms with Crippen molar-refractivity contribution in [1.82, 2.24) is 0 Å². The number of rotatable bonds is 2. The molecule has 0 bridgehead atoms. The zero-order chi connectivity index (χ0) is 5.70. The molecule has 0 atom stereocenters. The van der Waals surface area contributed by atoms with Crippen LogP contribution in [-0.4, -0.2) is 19.3 Å². The Morgan fingerprint density at radius 1 is 1.71 bits per heavy atom. The van der Waals surface area contributed by atoms with E-state index in [1.165, 1.54) is 0 Å². The van der Waals surface area contributed by atoms with Crippen molar-refractivity contribution >= 4 is 6.34 Å². The number of halogens is 2. The highest BCUT2D eigenvalue weighted by molar-refractivity contribution is 5.51. The molecule has 0 spiro atoms. The van der Waals surface area contributed by atoms with E-state index in [0.717, 1.165) is 6.34 Å². The lowest BCUT2D eigenvalue weighted by Gasteiger charge is -1.85. The molecule has 7 heavy (non-hydrogen) atoms. The van der Waals surface area contributed by atoms with Crippen molar-refractivity contribution in [1.29, 1.82) is 0 Å². The van der Waals surface area contributed by atoms with Gasteiger partial charge in [0, 0.05) is 0 Å². The molecule has 0 unspecified atom stereocenters. The average Bonchev–Trinajstić information content (AvgIpc) is 1.61. The zero-order valence-electron chi connectivity index (χ0n) is 3.64. The summed E-state index contributed by atoms with van der Waals surface area (Å²) in [6.07, 6.45) is -1.51. The minimum absolute atomic E-state index is 0.490. The molecule has 0 aromatic heterocycles. The highest BCUT2D eigenvalue weighted by Gasteiger charge is 1.95. The van der Waals surface area contributed by atoms with E-state index in [9.17, 15) is 8.78 Å². The molecule has 2 nitrogen and oxygen atoms in total. The summed E-state index contributed by atoms with van der Waals surface area (Å²) < 4.78 is 22.1. The number of nitrogens with two attached hydrogens (primary N) is 1. The number of alkyl halides is 2. The smallest absolute Gasteiger partial charge is 0.257 e. The van der Waals surface area contributed by atoms with E-state index in [4.69, 9.17) is 0 Å². The Kier molecular flexibility index (Phi) is 3.18. The van der Waals surface area contributed by atoms with Gasteiger partial charge in [-0.15, -0.1) is 0 Å². The van der Waals surface area contributed by atoms with Crippen LogP contribution in [0.5, 0.6) is 0 Å². The molecule has 0 saturated heterocycles. The van der Waals surface area contributed by atoms with Gasteiger partial charge < -0.3 is 5.73 Å². The first-order valence-corrected chi connectivity index (χ1v) is 1.75. The molecule has 2 N–H and O–H groups in total. The van der Waals surface area contributed by atoms with Crippen molar-refractivity contribution in [3.05, 3.63) is 0 Å². The minimum atomic E-state index is -2.38. The first-order valence-electron chi connectivity index (χ1n) is 1.75. The second-order valence-electron chi connectivity index (χ2n) is 0.905. The predicted octanol–water partition coefficient (Wildman–Crippen LogP) is 0.238. The summed E-state index contributed by atoms with van der Waals surface area (Å²) in [6.45, 7) is -0.490. The topological polar surface area (TPSA) is 38.4 Å². The SMILES string of the molecule is NC=NCC(F)F. The normalized spacial score (nSPS) is 11.3. The van der Waals surface area contributed by atoms with Gasteiger partial charge in [-0.05, 0) is 0 Å². The summed E-state index contributed by atoms with van der Waals surface area (Å²) in [5.74, 6) is 0. The van der Waals surface area contributed by atoms with Crippen LogP contribution in [-0.2, 0) is 0 Å². The Labute approximate surface area is 40.0 Å². The summed E-state index contributed by atoms with van der Waals surface area (Å²) in [7, 11) is 0. The largest absolute Gasteiger partial charge is 0.390 e. The third kappa shape index (κ3) is 5.33. The first-order chi connectivity index (χ1) is 3.27. The molecule has 0 heterocycles. The van der Waals surface area contributed by atoms with E-state index in [1.54, 1.807) is 0 Å². The van der Waals surface area contributed by atoms with Crippen LogP contribution < -0.4 is 5.73 Å². The van der Waals surface area contributed by atoms with E-state index in [1.807, 2.05) is 0 Å². The van der Waals surface area contributed by atoms with E-state index >= 15 is 0 Å². The van der Waals surface area contributed by atoms with Crippen molar-refractivity contribution in [3.8, 4) is 0 Å². The molecule has 0 aliphatic carbocycles. The summed E-state index contributed by atoms with van der Waals surface area (Å²) >= 11 is 0. The van der Waals surface area contributed by atoms with Crippen molar-refractivity contribution in [3.63, 3.8) is 0 Å². The maximum Gasteiger partial charge on any atom is 0.257 e. The Hall–Kier alpha value is -0.670. The molecule has 0 rings (SSSR count). The van der Waals surface area contributed by atoms with Crippen LogP contribution in [0.3, 0.4) is 0 Å². The fourth-order valence-electron chi connectivity index (χ4n) is 0.141. The predicted molar refractivity (Wildman–Crippen MR) is 23.6 cm³/mol. The molecule has 42 valence electrons. The van der Waals surface area contributed by atoms with Gasteiger partial charge in [-0.3, -0.25) is 4.99 Å². The number of hydrogen-bond donors (Lipinski definition) is 1. The third-order valence-corrected chi connectivity index (χ3v) is 0.349. The van der Waals surface area contributed by atoms with Gasteiger partial charge in [0.2, 0.25) is 0 Å². The van der Waals surface area contributed by atoms with E-state index < -0.39 is 13.0 Å². The van der Waals surface area contributed by atoms with E-state index in [0.29, 0.717) is 0 Å². The van der Waals surface area contributed by atoms with Crippen LogP contribution in [0.15, 0.2) is 4.99 Å². The van der Waals surface area contributed by atoms with Crippen LogP contribution in [0.1, 0.15) is 0 Å². The number of nitrogens with zero attached hydrogens (tertiary/aromatic N) is 1. The average molecular weight is 108 g/mol. The monoisotopic (exact) mass is 108 g/mol. The summed E-state index contributed by atoms with van der Waals surface area (Å²) in [4.78, 5) is 3.07. The molecular formula is C3H6F2N2. The highest BCUT2D eigenvalue weighted by Crippen LogP contribution is 1.89. The molecule has 0 aromatic rings. The molecule has 0 radical (unpaired) electrons. The fourth-order valence-corrected chi connectivity index (χ4v) is 0.141. The van der Waals surface area contributed by atoms with Gasteiger partial charge in [0.1, 0.15) is 6.54 Å². The Morgan fingerprint density at radius 3 is 2.43 bits per heavy atom. The molecular weight excluding hydrogens is 102 g/mol. The number of hydrogen-bond acceptors (Lipinski definition) is 1. The Balaban J connectivity index is 2.97. The highest BCUT2D eigenvalue weighted by atomic mass is 19.3. The van der Waals surface area contributed by atoms with Crippen molar-refractivity contribution in [2.24, 2.45) is 10.7 Å². The lowest BCUT2D eigenvalue weighted by molar-refractivity contribution is 0.159. The molecule has 0 aliphatic rings. The van der Waals surface area contributed by atoms with Gasteiger partial charge in [-0.1, -0.05) is 0 Å². The van der Waals surface area contributed by atoms with E-state index in [2.05, 4.69) is 10.7 Å². The van der Waals surface area contributed by atoms with Crippen molar-refractivity contribution < 1.29 is 8.78 Å². The van der Waals surface area contributed by atoms with Gasteiger partial charge in [-0.2, -0.15) is 0 Å². The zero-order valence-corrected chi connectivity index (χ0v) is 3.64. The molecule has 0 amide bonds. The quantitative estimate of drug-likeness (QED) is 0.399. The second kappa shape index (κ2) is 3.52. The van der Waals surface area contributed by atoms with Crippen LogP contribution >= 0.6 is 0 Å². The van der Waals surface area contributed by atoms with E-state index in [-0.39, 0.29) is 0 Å². The van der Waals surface area contributed by atoms with Crippen LogP contribution in [0, 0.1) is 0 Å². The van der Waals surface area contributed by atoms with Crippen molar-refractivity contribution in [2.45, 2.75) is 6.43 Å². The first kappa shape index (κ1) is 6.33. The van der Waals surface area contributed by atoms with Crippen LogP contribution in [0.25, 0.3) is 0 Å². The van der Waals surface area contributed by atoms with Crippen molar-refractivity contribution in [2.75, 3.05) is 6.54 Å². The minimum Gasteiger partial charge on any atom is -0.390 e. The second-order valence-corrected chi connectivity index (χ2v) is 0.905. The van der Waals surface area contributed by atoms with Gasteiger partial charge in [-0.25, -0.2) is 8.78 Å². The molecule has 4 heteroatoms. The Bertz CT molecular complexity index is 62.0. The lowest BCUT2D eigenvalue weighted by atomic mass is 10.7. The third-order valence-electron chi connectivity index (χ3n) is 0.349. The maximum absolute atomic E-state index is 11.1. The lowest BCUT2D eigenvalue weighted by Crippen LogP contribution is -1.98. The van der Waals surface area contributed by atoms with Gasteiger partial charge in [0.05, 0.1) is 6.34 Å². The van der Waals surface area contributed by atoms with Crippen LogP contribution in [0.4, 0.5) is 8.78 Å². The summed E-state index contributed by atoms with van der Waals surface area (Å²) in [5.41, 5.74) is 4.65. The number of aliphatic imine (C=N–C) groups is 1. The molecule has 0 saturated carbocycles. The van der Waals surface area contributed by atoms with Crippen LogP contribution in [0.2, 0.25) is 0 Å².